The van der Waals surface area contributed by atoms with Crippen LogP contribution >= 0.6 is 11.8 Å². The van der Waals surface area contributed by atoms with Crippen LogP contribution in [-0.4, -0.2) is 48.8 Å². The number of alkyl halides is 3. The van der Waals surface area contributed by atoms with Gasteiger partial charge in [-0.05, 0) is 63.4 Å². The number of amides is 1. The van der Waals surface area contributed by atoms with Gasteiger partial charge in [-0.15, -0.1) is 0 Å². The molecule has 2 aliphatic rings. The van der Waals surface area contributed by atoms with E-state index in [9.17, 15) is 18.0 Å². The predicted molar refractivity (Wildman–Crippen MR) is 141 cm³/mol. The molecule has 2 aliphatic heterocycles. The maximum Gasteiger partial charge on any atom is 0.416 e. The summed E-state index contributed by atoms with van der Waals surface area (Å²) < 4.78 is 46.4. The first-order valence-electron chi connectivity index (χ1n) is 12.4. The molecule has 11 heteroatoms. The van der Waals surface area contributed by atoms with Crippen molar-refractivity contribution in [3.05, 3.63) is 41.5 Å². The van der Waals surface area contributed by atoms with Gasteiger partial charge in [-0.3, -0.25) is 0 Å². The van der Waals surface area contributed by atoms with Crippen LogP contribution in [0.5, 0.6) is 0 Å². The molecule has 1 amide bonds. The molecule has 0 atom stereocenters. The molecule has 0 radical (unpaired) electrons. The summed E-state index contributed by atoms with van der Waals surface area (Å²) >= 11 is 1.32. The Morgan fingerprint density at radius 3 is 2.54 bits per heavy atom. The standard InChI is InChI=1S/C26H34F3N5O2S/c1-25(2,3)36-24(35)31-8-11-34-9-6-18(7-10-34)32-20-13-17(26(27,28)29)14-22-23(20)33-19-5-4-16(15-30)12-21(19)37-22/h4-5,12-14,18,32-33H,6-11,15,30H2,1-3H3,(H,31,35). The molecule has 0 unspecified atom stereocenters. The molecule has 0 spiro atoms. The monoisotopic (exact) mass is 537 g/mol. The summed E-state index contributed by atoms with van der Waals surface area (Å²) in [6, 6.07) is 8.19. The molecular weight excluding hydrogens is 503 g/mol. The van der Waals surface area contributed by atoms with Crippen molar-refractivity contribution in [3.63, 3.8) is 0 Å². The summed E-state index contributed by atoms with van der Waals surface area (Å²) in [5, 5.41) is 9.49. The molecule has 0 bridgehead atoms. The first-order chi connectivity index (χ1) is 17.4. The number of nitrogens with one attached hydrogen (secondary N) is 3. The van der Waals surface area contributed by atoms with Crippen LogP contribution in [0.1, 0.15) is 44.7 Å². The van der Waals surface area contributed by atoms with Crippen LogP contribution in [0.25, 0.3) is 0 Å². The zero-order chi connectivity index (χ0) is 26.8. The van der Waals surface area contributed by atoms with E-state index in [0.717, 1.165) is 42.1 Å². The third-order valence-corrected chi connectivity index (χ3v) is 7.33. The van der Waals surface area contributed by atoms with Gasteiger partial charge in [0.2, 0.25) is 0 Å². The Morgan fingerprint density at radius 2 is 1.89 bits per heavy atom. The molecule has 202 valence electrons. The van der Waals surface area contributed by atoms with Gasteiger partial charge in [0.1, 0.15) is 5.60 Å². The van der Waals surface area contributed by atoms with Crippen molar-refractivity contribution in [2.45, 2.75) is 67.8 Å². The van der Waals surface area contributed by atoms with Crippen molar-refractivity contribution in [3.8, 4) is 0 Å². The molecule has 2 aromatic rings. The number of carbonyl (C=O) groups is 1. The smallest absolute Gasteiger partial charge is 0.416 e. The Balaban J connectivity index is 1.40. The van der Waals surface area contributed by atoms with Gasteiger partial charge >= 0.3 is 12.3 Å². The number of benzene rings is 2. The van der Waals surface area contributed by atoms with Crippen LogP contribution in [0, 0.1) is 0 Å². The van der Waals surface area contributed by atoms with E-state index in [0.29, 0.717) is 35.9 Å². The Morgan fingerprint density at radius 1 is 1.16 bits per heavy atom. The number of halogens is 3. The Hall–Kier alpha value is -2.63. The lowest BCUT2D eigenvalue weighted by Gasteiger charge is -2.34. The number of piperidine rings is 1. The fourth-order valence-electron chi connectivity index (χ4n) is 4.39. The molecule has 7 nitrogen and oxygen atoms in total. The number of rotatable bonds is 6. The number of likely N-dealkylation sites (tertiary alicyclic amines) is 1. The molecule has 1 fully saturated rings. The van der Waals surface area contributed by atoms with Gasteiger partial charge in [0.25, 0.3) is 0 Å². The number of nitrogens with zero attached hydrogens (tertiary/aromatic N) is 1. The van der Waals surface area contributed by atoms with E-state index in [1.165, 1.54) is 23.9 Å². The fourth-order valence-corrected chi connectivity index (χ4v) is 5.51. The van der Waals surface area contributed by atoms with Gasteiger partial charge in [0.15, 0.2) is 0 Å². The highest BCUT2D eigenvalue weighted by atomic mass is 32.2. The van der Waals surface area contributed by atoms with E-state index >= 15 is 0 Å². The number of fused-ring (bicyclic) bond motifs is 2. The zero-order valence-corrected chi connectivity index (χ0v) is 22.1. The van der Waals surface area contributed by atoms with Crippen LogP contribution in [0.3, 0.4) is 0 Å². The predicted octanol–water partition coefficient (Wildman–Crippen LogP) is 5.77. The summed E-state index contributed by atoms with van der Waals surface area (Å²) in [6.07, 6.45) is -3.33. The molecular formula is C26H34F3N5O2S. The van der Waals surface area contributed by atoms with E-state index < -0.39 is 23.4 Å². The van der Waals surface area contributed by atoms with E-state index in [4.69, 9.17) is 10.5 Å². The Kier molecular flexibility index (Phi) is 8.15. The van der Waals surface area contributed by atoms with E-state index in [2.05, 4.69) is 20.9 Å². The number of ether oxygens (including phenoxy) is 1. The normalized spacial score (nSPS) is 16.4. The summed E-state index contributed by atoms with van der Waals surface area (Å²) in [4.78, 5) is 15.4. The number of anilines is 3. The summed E-state index contributed by atoms with van der Waals surface area (Å²) in [7, 11) is 0. The summed E-state index contributed by atoms with van der Waals surface area (Å²) in [5.41, 5.74) is 7.42. The van der Waals surface area contributed by atoms with Crippen LogP contribution in [0.2, 0.25) is 0 Å². The van der Waals surface area contributed by atoms with Crippen LogP contribution in [-0.2, 0) is 17.5 Å². The molecule has 0 aliphatic carbocycles. The van der Waals surface area contributed by atoms with Crippen LogP contribution in [0.15, 0.2) is 40.1 Å². The van der Waals surface area contributed by atoms with E-state index in [-0.39, 0.29) is 6.04 Å². The highest BCUT2D eigenvalue weighted by molar-refractivity contribution is 7.99. The zero-order valence-electron chi connectivity index (χ0n) is 21.3. The van der Waals surface area contributed by atoms with Gasteiger partial charge < -0.3 is 31.3 Å². The van der Waals surface area contributed by atoms with Crippen molar-refractivity contribution in [1.82, 2.24) is 10.2 Å². The fraction of sp³-hybridized carbons (Fsp3) is 0.500. The minimum Gasteiger partial charge on any atom is -0.444 e. The van der Waals surface area contributed by atoms with Crippen LogP contribution in [0.4, 0.5) is 35.0 Å². The lowest BCUT2D eigenvalue weighted by molar-refractivity contribution is -0.137. The van der Waals surface area contributed by atoms with Gasteiger partial charge in [0.05, 0.1) is 22.6 Å². The minimum atomic E-state index is -4.45. The SMILES string of the molecule is CC(C)(C)OC(=O)NCCN1CCC(Nc2cc(C(F)(F)F)cc3c2Nc2ccc(CN)cc2S3)CC1. The van der Waals surface area contributed by atoms with E-state index in [1.54, 1.807) is 0 Å². The number of hydrogen-bond acceptors (Lipinski definition) is 7. The van der Waals surface area contributed by atoms with Crippen molar-refractivity contribution in [1.29, 1.82) is 0 Å². The topological polar surface area (TPSA) is 91.6 Å². The maximum atomic E-state index is 13.7. The lowest BCUT2D eigenvalue weighted by Crippen LogP contribution is -2.43. The molecule has 0 saturated carbocycles. The highest BCUT2D eigenvalue weighted by Crippen LogP contribution is 2.50. The van der Waals surface area contributed by atoms with Crippen LogP contribution < -0.4 is 21.7 Å². The quantitative estimate of drug-likeness (QED) is 0.317. The Labute approximate surface area is 219 Å². The Bertz CT molecular complexity index is 1130. The maximum absolute atomic E-state index is 13.7. The molecule has 0 aromatic heterocycles. The molecule has 4 rings (SSSR count). The number of hydrogen-bond donors (Lipinski definition) is 4. The van der Waals surface area contributed by atoms with Gasteiger partial charge in [-0.1, -0.05) is 17.8 Å². The summed E-state index contributed by atoms with van der Waals surface area (Å²) in [5.74, 6) is 0. The van der Waals surface area contributed by atoms with Crippen molar-refractivity contribution < 1.29 is 22.7 Å². The first kappa shape index (κ1) is 27.4. The molecule has 1 saturated heterocycles. The van der Waals surface area contributed by atoms with Crippen molar-refractivity contribution in [2.24, 2.45) is 5.73 Å². The van der Waals surface area contributed by atoms with Crippen molar-refractivity contribution >= 4 is 34.9 Å². The second-order valence-electron chi connectivity index (χ2n) is 10.3. The lowest BCUT2D eigenvalue weighted by atomic mass is 10.0. The summed E-state index contributed by atoms with van der Waals surface area (Å²) in [6.45, 7) is 8.53. The number of nitrogens with two attached hydrogens (primary N) is 1. The van der Waals surface area contributed by atoms with E-state index in [1.807, 2.05) is 39.0 Å². The molecule has 2 aromatic carbocycles. The number of alkyl carbamates (subject to hydrolysis) is 1. The van der Waals surface area contributed by atoms with Gasteiger partial charge in [-0.25, -0.2) is 4.79 Å². The average molecular weight is 538 g/mol. The third-order valence-electron chi connectivity index (χ3n) is 6.23. The average Bonchev–Trinajstić information content (AvgIpc) is 2.81. The van der Waals surface area contributed by atoms with Gasteiger partial charge in [-0.2, -0.15) is 13.2 Å². The number of carbonyl (C=O) groups excluding carboxylic acids is 1. The molecule has 5 N–H and O–H groups in total. The van der Waals surface area contributed by atoms with Gasteiger partial charge in [0, 0.05) is 48.6 Å². The van der Waals surface area contributed by atoms with Crippen molar-refractivity contribution in [2.75, 3.05) is 36.8 Å². The molecule has 37 heavy (non-hydrogen) atoms. The highest BCUT2D eigenvalue weighted by Gasteiger charge is 2.34. The third kappa shape index (κ3) is 7.24. The largest absolute Gasteiger partial charge is 0.444 e. The minimum absolute atomic E-state index is 0.0375. The first-order valence-corrected chi connectivity index (χ1v) is 13.2. The second kappa shape index (κ2) is 11.0. The molecule has 2 heterocycles. The second-order valence-corrected chi connectivity index (χ2v) is 11.4.